The molecule has 2 nitrogen and oxygen atoms in total. The lowest BCUT2D eigenvalue weighted by molar-refractivity contribution is -0.659. The highest BCUT2D eigenvalue weighted by atomic mass is 15.1. The Morgan fingerprint density at radius 1 is 0.704 bits per heavy atom. The number of para-hydroxylation sites is 1. The van der Waals surface area contributed by atoms with Gasteiger partial charge in [-0.2, -0.15) is 4.57 Å². The first-order chi connectivity index (χ1) is 13.2. The zero-order valence-corrected chi connectivity index (χ0v) is 15.6. The van der Waals surface area contributed by atoms with Crippen molar-refractivity contribution in [3.63, 3.8) is 0 Å². The molecular formula is C25H21N2+. The van der Waals surface area contributed by atoms with Gasteiger partial charge in [-0.3, -0.25) is 0 Å². The van der Waals surface area contributed by atoms with Gasteiger partial charge in [0.2, 0.25) is 0 Å². The van der Waals surface area contributed by atoms with Gasteiger partial charge in [0.05, 0.1) is 12.6 Å². The third kappa shape index (κ3) is 2.45. The van der Waals surface area contributed by atoms with Crippen LogP contribution in [0.25, 0.3) is 38.6 Å². The minimum absolute atomic E-state index is 1.17. The van der Waals surface area contributed by atoms with Gasteiger partial charge in [-0.05, 0) is 46.2 Å². The van der Waals surface area contributed by atoms with Crippen LogP contribution in [0.4, 0.5) is 0 Å². The summed E-state index contributed by atoms with van der Waals surface area (Å²) in [5, 5.41) is 5.18. The number of fused-ring (bicyclic) bond motifs is 3. The van der Waals surface area contributed by atoms with Crippen LogP contribution in [0.5, 0.6) is 0 Å². The first-order valence-electron chi connectivity index (χ1n) is 9.28. The van der Waals surface area contributed by atoms with E-state index in [9.17, 15) is 0 Å². The Labute approximate surface area is 158 Å². The van der Waals surface area contributed by atoms with E-state index in [1.54, 1.807) is 0 Å². The molecule has 1 heterocycles. The monoisotopic (exact) mass is 349 g/mol. The van der Waals surface area contributed by atoms with Crippen molar-refractivity contribution in [2.75, 3.05) is 0 Å². The fraction of sp³-hybridized carbons (Fsp3) is 0.0800. The van der Waals surface area contributed by atoms with Crippen molar-refractivity contribution in [3.8, 4) is 17.1 Å². The van der Waals surface area contributed by atoms with Crippen LogP contribution >= 0.6 is 0 Å². The standard InChI is InChI=1S/C25H21N2/c1-18-12-14-22-21-11-7-6-8-19(21)13-15-23(22)24(18)25-26(2)16-17-27(25)20-9-4-3-5-10-20/h3-17H,1-2H3/q+1. The van der Waals surface area contributed by atoms with Gasteiger partial charge in [-0.25, -0.2) is 4.57 Å². The molecule has 5 aromatic rings. The van der Waals surface area contributed by atoms with E-state index in [2.05, 4.69) is 114 Å². The van der Waals surface area contributed by atoms with Gasteiger partial charge in [0, 0.05) is 0 Å². The lowest BCUT2D eigenvalue weighted by atomic mass is 9.95. The molecule has 0 radical (unpaired) electrons. The Balaban J connectivity index is 1.88. The Hall–Kier alpha value is -3.39. The smallest absolute Gasteiger partial charge is 0.232 e. The van der Waals surface area contributed by atoms with Gasteiger partial charge >= 0.3 is 0 Å². The van der Waals surface area contributed by atoms with Crippen molar-refractivity contribution in [1.82, 2.24) is 4.57 Å². The van der Waals surface area contributed by atoms with Crippen molar-refractivity contribution < 1.29 is 4.57 Å². The molecule has 27 heavy (non-hydrogen) atoms. The highest BCUT2D eigenvalue weighted by Gasteiger charge is 2.23. The second-order valence-corrected chi connectivity index (χ2v) is 7.08. The van der Waals surface area contributed by atoms with E-state index in [0.29, 0.717) is 0 Å². The van der Waals surface area contributed by atoms with Crippen LogP contribution in [-0.4, -0.2) is 4.57 Å². The summed E-state index contributed by atoms with van der Waals surface area (Å²) < 4.78 is 4.49. The number of imidazole rings is 1. The second-order valence-electron chi connectivity index (χ2n) is 7.08. The van der Waals surface area contributed by atoms with E-state index in [-0.39, 0.29) is 0 Å². The van der Waals surface area contributed by atoms with Gasteiger partial charge < -0.3 is 0 Å². The Morgan fingerprint density at radius 3 is 2.30 bits per heavy atom. The van der Waals surface area contributed by atoms with E-state index >= 15 is 0 Å². The topological polar surface area (TPSA) is 8.81 Å². The van der Waals surface area contributed by atoms with Crippen molar-refractivity contribution in [2.45, 2.75) is 6.92 Å². The van der Waals surface area contributed by atoms with Crippen LogP contribution in [0.1, 0.15) is 5.56 Å². The molecule has 0 aliphatic rings. The first-order valence-corrected chi connectivity index (χ1v) is 9.28. The molecule has 0 N–H and O–H groups in total. The second kappa shape index (κ2) is 6.10. The Kier molecular flexibility index (Phi) is 3.58. The fourth-order valence-corrected chi connectivity index (χ4v) is 4.07. The van der Waals surface area contributed by atoms with E-state index in [1.807, 2.05) is 0 Å². The highest BCUT2D eigenvalue weighted by molar-refractivity contribution is 6.12. The van der Waals surface area contributed by atoms with E-state index in [4.69, 9.17) is 0 Å². The molecule has 4 aromatic carbocycles. The molecule has 130 valence electrons. The van der Waals surface area contributed by atoms with Crippen molar-refractivity contribution in [2.24, 2.45) is 7.05 Å². The summed E-state index contributed by atoms with van der Waals surface area (Å²) in [4.78, 5) is 0. The minimum Gasteiger partial charge on any atom is -0.232 e. The summed E-state index contributed by atoms with van der Waals surface area (Å²) in [5.41, 5.74) is 3.74. The molecule has 0 fully saturated rings. The molecule has 0 saturated heterocycles. The number of hydrogen-bond acceptors (Lipinski definition) is 0. The Bertz CT molecular complexity index is 1280. The minimum atomic E-state index is 1.17. The normalized spacial score (nSPS) is 11.3. The lowest BCUT2D eigenvalue weighted by Gasteiger charge is -2.12. The van der Waals surface area contributed by atoms with Crippen LogP contribution in [0.15, 0.2) is 91.3 Å². The molecule has 5 rings (SSSR count). The number of aromatic nitrogens is 2. The Morgan fingerprint density at radius 2 is 1.44 bits per heavy atom. The number of hydrogen-bond donors (Lipinski definition) is 0. The number of rotatable bonds is 2. The van der Waals surface area contributed by atoms with Crippen LogP contribution in [0, 0.1) is 6.92 Å². The average Bonchev–Trinajstić information content (AvgIpc) is 3.09. The predicted octanol–water partition coefficient (Wildman–Crippen LogP) is 5.58. The average molecular weight is 349 g/mol. The summed E-state index contributed by atoms with van der Waals surface area (Å²) in [7, 11) is 2.12. The summed E-state index contributed by atoms with van der Waals surface area (Å²) in [6.45, 7) is 2.20. The van der Waals surface area contributed by atoms with E-state index < -0.39 is 0 Å². The molecule has 0 saturated carbocycles. The SMILES string of the molecule is Cc1ccc2c(ccc3ccccc32)c1-c1n(-c2ccccc2)cc[n+]1C. The quantitative estimate of drug-likeness (QED) is 0.290. The van der Waals surface area contributed by atoms with Gasteiger partial charge in [0.15, 0.2) is 0 Å². The van der Waals surface area contributed by atoms with Gasteiger partial charge in [-0.1, -0.05) is 66.7 Å². The van der Waals surface area contributed by atoms with Crippen LogP contribution < -0.4 is 4.57 Å². The maximum Gasteiger partial charge on any atom is 0.294 e. The third-order valence-corrected chi connectivity index (χ3v) is 5.39. The molecule has 0 atom stereocenters. The number of nitrogens with zero attached hydrogens (tertiary/aromatic N) is 2. The zero-order chi connectivity index (χ0) is 18.4. The predicted molar refractivity (Wildman–Crippen MR) is 112 cm³/mol. The summed E-state index contributed by atoms with van der Waals surface area (Å²) in [6, 6.07) is 28.1. The van der Waals surface area contributed by atoms with Crippen molar-refractivity contribution >= 4 is 21.5 Å². The zero-order valence-electron chi connectivity index (χ0n) is 15.6. The molecule has 0 aliphatic heterocycles. The molecule has 1 aromatic heterocycles. The lowest BCUT2D eigenvalue weighted by Crippen LogP contribution is -2.29. The molecule has 2 heteroatoms. The molecule has 0 amide bonds. The number of benzene rings is 4. The van der Waals surface area contributed by atoms with Crippen LogP contribution in [0.3, 0.4) is 0 Å². The largest absolute Gasteiger partial charge is 0.294 e. The molecule has 0 aliphatic carbocycles. The summed E-state index contributed by atoms with van der Waals surface area (Å²) >= 11 is 0. The van der Waals surface area contributed by atoms with Crippen LogP contribution in [0.2, 0.25) is 0 Å². The first kappa shape index (κ1) is 15.8. The highest BCUT2D eigenvalue weighted by Crippen LogP contribution is 2.35. The van der Waals surface area contributed by atoms with Crippen LogP contribution in [-0.2, 0) is 7.05 Å². The molecule has 0 unspecified atom stereocenters. The third-order valence-electron chi connectivity index (χ3n) is 5.39. The van der Waals surface area contributed by atoms with Crippen molar-refractivity contribution in [3.05, 3.63) is 96.8 Å². The molecule has 0 bridgehead atoms. The maximum absolute atomic E-state index is 2.27. The van der Waals surface area contributed by atoms with Gasteiger partial charge in [-0.15, -0.1) is 0 Å². The van der Waals surface area contributed by atoms with Crippen molar-refractivity contribution in [1.29, 1.82) is 0 Å². The molecule has 0 spiro atoms. The summed E-state index contributed by atoms with van der Waals surface area (Å²) in [6.07, 6.45) is 4.27. The van der Waals surface area contributed by atoms with E-state index in [1.165, 1.54) is 44.2 Å². The van der Waals surface area contributed by atoms with Gasteiger partial charge in [0.1, 0.15) is 18.1 Å². The van der Waals surface area contributed by atoms with Gasteiger partial charge in [0.25, 0.3) is 5.82 Å². The maximum atomic E-state index is 2.27. The number of aryl methyl sites for hydroxylation is 2. The van der Waals surface area contributed by atoms with E-state index in [0.717, 1.165) is 0 Å². The molecular weight excluding hydrogens is 328 g/mol. The fourth-order valence-electron chi connectivity index (χ4n) is 4.07. The summed E-state index contributed by atoms with van der Waals surface area (Å²) in [5.74, 6) is 1.19.